The lowest BCUT2D eigenvalue weighted by molar-refractivity contribution is -0.129. The molecule has 0 saturated heterocycles. The SMILES string of the molecule is CCC(Sc1cccc(NC(=O)c2cccc3cccc(C(=O)O)c23)c1)C(=O)Nc1sc2c(c1C#N)CCN(C(C)=O)C2. The van der Waals surface area contributed by atoms with E-state index in [9.17, 15) is 29.5 Å². The van der Waals surface area contributed by atoms with E-state index in [1.165, 1.54) is 36.1 Å². The van der Waals surface area contributed by atoms with Gasteiger partial charge < -0.3 is 20.6 Å². The summed E-state index contributed by atoms with van der Waals surface area (Å²) < 4.78 is 0. The first-order valence-electron chi connectivity index (χ1n) is 13.6. The molecule has 0 radical (unpaired) electrons. The first-order chi connectivity index (χ1) is 20.7. The van der Waals surface area contributed by atoms with Crippen molar-refractivity contribution in [2.75, 3.05) is 17.2 Å². The quantitative estimate of drug-likeness (QED) is 0.203. The van der Waals surface area contributed by atoms with Crippen molar-refractivity contribution < 1.29 is 24.3 Å². The minimum absolute atomic E-state index is 0.0221. The van der Waals surface area contributed by atoms with Gasteiger partial charge in [-0.3, -0.25) is 14.4 Å². The number of thioether (sulfide) groups is 1. The molecule has 1 aromatic heterocycles. The molecule has 0 aliphatic carbocycles. The highest BCUT2D eigenvalue weighted by atomic mass is 32.2. The van der Waals surface area contributed by atoms with Gasteiger partial charge in [0.15, 0.2) is 0 Å². The lowest BCUT2D eigenvalue weighted by Gasteiger charge is -2.25. The van der Waals surface area contributed by atoms with E-state index in [0.717, 1.165) is 15.3 Å². The molecule has 9 nitrogen and oxygen atoms in total. The van der Waals surface area contributed by atoms with Crippen molar-refractivity contribution in [3.63, 3.8) is 0 Å². The Kier molecular flexibility index (Phi) is 8.80. The third kappa shape index (κ3) is 6.26. The first kappa shape index (κ1) is 29.8. The summed E-state index contributed by atoms with van der Waals surface area (Å²) in [5.74, 6) is -1.82. The summed E-state index contributed by atoms with van der Waals surface area (Å²) in [6.45, 7) is 4.40. The lowest BCUT2D eigenvalue weighted by atomic mass is 9.98. The zero-order chi connectivity index (χ0) is 30.7. The van der Waals surface area contributed by atoms with E-state index >= 15 is 0 Å². The Bertz CT molecular complexity index is 1800. The molecule has 3 aromatic carbocycles. The van der Waals surface area contributed by atoms with Crippen LogP contribution in [0.25, 0.3) is 10.8 Å². The van der Waals surface area contributed by atoms with Gasteiger partial charge in [-0.15, -0.1) is 23.1 Å². The average Bonchev–Trinajstić information content (AvgIpc) is 3.35. The maximum Gasteiger partial charge on any atom is 0.336 e. The summed E-state index contributed by atoms with van der Waals surface area (Å²) >= 11 is 2.68. The number of hydrogen-bond donors (Lipinski definition) is 3. The van der Waals surface area contributed by atoms with Gasteiger partial charge in [0.25, 0.3) is 5.91 Å². The molecule has 1 aliphatic rings. The van der Waals surface area contributed by atoms with E-state index in [-0.39, 0.29) is 22.9 Å². The van der Waals surface area contributed by atoms with Gasteiger partial charge >= 0.3 is 5.97 Å². The molecule has 0 spiro atoms. The molecule has 1 unspecified atom stereocenters. The van der Waals surface area contributed by atoms with E-state index in [4.69, 9.17) is 0 Å². The molecule has 43 heavy (non-hydrogen) atoms. The molecule has 1 atom stereocenters. The summed E-state index contributed by atoms with van der Waals surface area (Å²) in [5.41, 5.74) is 2.15. The van der Waals surface area contributed by atoms with Crippen molar-refractivity contribution in [2.24, 2.45) is 0 Å². The lowest BCUT2D eigenvalue weighted by Crippen LogP contribution is -2.33. The van der Waals surface area contributed by atoms with Crippen LogP contribution in [0.5, 0.6) is 0 Å². The van der Waals surface area contributed by atoms with Crippen LogP contribution in [-0.4, -0.2) is 45.5 Å². The van der Waals surface area contributed by atoms with Crippen LogP contribution in [0, 0.1) is 11.3 Å². The van der Waals surface area contributed by atoms with E-state index in [1.807, 2.05) is 13.0 Å². The Morgan fingerprint density at radius 1 is 1.07 bits per heavy atom. The van der Waals surface area contributed by atoms with Gasteiger partial charge in [-0.25, -0.2) is 4.79 Å². The summed E-state index contributed by atoms with van der Waals surface area (Å²) in [6.07, 6.45) is 1.09. The molecule has 3 N–H and O–H groups in total. The highest BCUT2D eigenvalue weighted by Gasteiger charge is 2.28. The van der Waals surface area contributed by atoms with Gasteiger partial charge in [0.2, 0.25) is 11.8 Å². The number of nitrogens with one attached hydrogen (secondary N) is 2. The smallest absolute Gasteiger partial charge is 0.336 e. The number of rotatable bonds is 8. The van der Waals surface area contributed by atoms with Crippen molar-refractivity contribution in [1.82, 2.24) is 4.90 Å². The van der Waals surface area contributed by atoms with Crippen LogP contribution in [0.2, 0.25) is 0 Å². The number of nitrogens with zero attached hydrogens (tertiary/aromatic N) is 2. The second-order valence-corrected chi connectivity index (χ2v) is 12.4. The highest BCUT2D eigenvalue weighted by molar-refractivity contribution is 8.00. The number of fused-ring (bicyclic) bond motifs is 2. The van der Waals surface area contributed by atoms with Gasteiger partial charge in [0, 0.05) is 39.9 Å². The van der Waals surface area contributed by atoms with Crippen LogP contribution < -0.4 is 10.6 Å². The van der Waals surface area contributed by atoms with E-state index < -0.39 is 17.1 Å². The normalized spacial score (nSPS) is 13.1. The summed E-state index contributed by atoms with van der Waals surface area (Å²) in [7, 11) is 0. The monoisotopic (exact) mass is 612 g/mol. The molecule has 11 heteroatoms. The summed E-state index contributed by atoms with van der Waals surface area (Å²) in [5, 5.41) is 26.3. The topological polar surface area (TPSA) is 140 Å². The third-order valence-corrected chi connectivity index (χ3v) is 9.75. The molecule has 4 aromatic rings. The molecule has 218 valence electrons. The number of carbonyl (C=O) groups is 4. The van der Waals surface area contributed by atoms with Gasteiger partial charge in [-0.1, -0.05) is 37.3 Å². The largest absolute Gasteiger partial charge is 0.478 e. The standard InChI is InChI=1S/C32H28N4O5S2/c1-3-26(30(39)35-31-25(16-33)22-13-14-36(18(2)37)17-27(22)43-31)42-21-10-6-9-20(15-21)34-29(38)23-11-4-7-19-8-5-12-24(28(19)23)32(40)41/h4-12,15,26H,3,13-14,17H2,1-2H3,(H,34,38)(H,35,39)(H,40,41). The number of carboxylic acids is 1. The van der Waals surface area contributed by atoms with E-state index in [2.05, 4.69) is 16.7 Å². The number of aromatic carboxylic acids is 1. The van der Waals surface area contributed by atoms with Crippen LogP contribution in [0.1, 0.15) is 57.0 Å². The number of benzene rings is 3. The van der Waals surface area contributed by atoms with Crippen LogP contribution in [0.15, 0.2) is 65.6 Å². The summed E-state index contributed by atoms with van der Waals surface area (Å²) in [4.78, 5) is 53.7. The second-order valence-electron chi connectivity index (χ2n) is 10.0. The number of carbonyl (C=O) groups excluding carboxylic acids is 3. The minimum atomic E-state index is -1.12. The number of hydrogen-bond acceptors (Lipinski definition) is 7. The maximum absolute atomic E-state index is 13.3. The Hall–Kier alpha value is -4.66. The van der Waals surface area contributed by atoms with E-state index in [1.54, 1.807) is 53.4 Å². The highest BCUT2D eigenvalue weighted by Crippen LogP contribution is 2.38. The molecular formula is C32H28N4O5S2. The predicted octanol–water partition coefficient (Wildman–Crippen LogP) is 6.14. The van der Waals surface area contributed by atoms with Crippen LogP contribution in [-0.2, 0) is 22.6 Å². The van der Waals surface area contributed by atoms with Gasteiger partial charge in [0.05, 0.1) is 22.9 Å². The van der Waals surface area contributed by atoms with Crippen molar-refractivity contribution in [1.29, 1.82) is 5.26 Å². The minimum Gasteiger partial charge on any atom is -0.478 e. The number of amides is 3. The van der Waals surface area contributed by atoms with Crippen molar-refractivity contribution >= 4 is 68.3 Å². The van der Waals surface area contributed by atoms with Gasteiger partial charge in [-0.05, 0) is 54.1 Å². The van der Waals surface area contributed by atoms with Crippen molar-refractivity contribution in [2.45, 2.75) is 43.4 Å². The second kappa shape index (κ2) is 12.7. The molecule has 5 rings (SSSR count). The number of carboxylic acid groups (broad SMARTS) is 1. The fourth-order valence-corrected chi connectivity index (χ4v) is 7.34. The van der Waals surface area contributed by atoms with Crippen molar-refractivity contribution in [3.8, 4) is 6.07 Å². The fraction of sp³-hybridized carbons (Fsp3) is 0.219. The molecule has 0 fully saturated rings. The molecule has 0 saturated carbocycles. The Labute approximate surface area is 256 Å². The first-order valence-corrected chi connectivity index (χ1v) is 15.3. The molecule has 2 heterocycles. The number of anilines is 2. The summed E-state index contributed by atoms with van der Waals surface area (Å²) in [6, 6.07) is 19.3. The van der Waals surface area contributed by atoms with Gasteiger partial charge in [-0.2, -0.15) is 5.26 Å². The Balaban J connectivity index is 1.31. The molecule has 1 aliphatic heterocycles. The van der Waals surface area contributed by atoms with Crippen LogP contribution in [0.4, 0.5) is 10.7 Å². The van der Waals surface area contributed by atoms with Crippen molar-refractivity contribution in [3.05, 3.63) is 87.8 Å². The zero-order valence-corrected chi connectivity index (χ0v) is 25.1. The van der Waals surface area contributed by atoms with E-state index in [0.29, 0.717) is 53.0 Å². The van der Waals surface area contributed by atoms with Crippen LogP contribution >= 0.6 is 23.1 Å². The third-order valence-electron chi connectivity index (χ3n) is 7.26. The number of thiophene rings is 1. The maximum atomic E-state index is 13.3. The van der Waals surface area contributed by atoms with Crippen LogP contribution in [0.3, 0.4) is 0 Å². The molecule has 0 bridgehead atoms. The Morgan fingerprint density at radius 2 is 1.79 bits per heavy atom. The van der Waals surface area contributed by atoms with Gasteiger partial charge in [0.1, 0.15) is 11.1 Å². The average molecular weight is 613 g/mol. The Morgan fingerprint density at radius 3 is 2.47 bits per heavy atom. The zero-order valence-electron chi connectivity index (χ0n) is 23.5. The predicted molar refractivity (Wildman–Crippen MR) is 168 cm³/mol. The molecular weight excluding hydrogens is 585 g/mol. The number of nitriles is 1. The molecule has 3 amide bonds. The fourth-order valence-electron chi connectivity index (χ4n) is 5.11.